The van der Waals surface area contributed by atoms with Crippen LogP contribution < -0.4 is 9.47 Å². The van der Waals surface area contributed by atoms with Crippen LogP contribution in [-0.4, -0.2) is 66.5 Å². The molecule has 3 aromatic rings. The Morgan fingerprint density at radius 1 is 1.03 bits per heavy atom. The largest absolute Gasteiger partial charge is 0.497 e. The predicted octanol–water partition coefficient (Wildman–Crippen LogP) is 3.71. The number of ether oxygens (including phenoxy) is 2. The van der Waals surface area contributed by atoms with Crippen LogP contribution in [0.25, 0.3) is 10.9 Å². The highest BCUT2D eigenvalue weighted by Crippen LogP contribution is 2.50. The van der Waals surface area contributed by atoms with Gasteiger partial charge in [-0.15, -0.1) is 0 Å². The standard InChI is InChI=1S/C28H35N3O3/c1-29-23-12-21(33-2)10-11-22(23)26-27(29)24(15-32)31(14-20-6-4-5-7-25(20)34-3)18-28(26)16-30(17-28)13-19-8-9-19/h4-7,10-12,19,24,32H,8-9,13-18H2,1-3H3/t24-/m1/s1. The Kier molecular flexibility index (Phi) is 5.36. The van der Waals surface area contributed by atoms with Crippen molar-refractivity contribution in [3.63, 3.8) is 0 Å². The summed E-state index contributed by atoms with van der Waals surface area (Å²) in [7, 11) is 5.60. The minimum atomic E-state index is -0.0635. The van der Waals surface area contributed by atoms with E-state index in [4.69, 9.17) is 9.47 Å². The van der Waals surface area contributed by atoms with Crippen LogP contribution in [0, 0.1) is 5.92 Å². The van der Waals surface area contributed by atoms with Crippen LogP contribution in [0.5, 0.6) is 11.5 Å². The van der Waals surface area contributed by atoms with Crippen LogP contribution in [0.1, 0.15) is 35.7 Å². The fourth-order valence-corrected chi connectivity index (χ4v) is 6.54. The summed E-state index contributed by atoms with van der Waals surface area (Å²) in [5.74, 6) is 2.67. The molecule has 6 rings (SSSR count). The molecule has 2 aromatic carbocycles. The number of benzene rings is 2. The molecule has 0 amide bonds. The minimum absolute atomic E-state index is 0.0635. The number of hydrogen-bond donors (Lipinski definition) is 1. The van der Waals surface area contributed by atoms with Gasteiger partial charge in [-0.2, -0.15) is 0 Å². The first kappa shape index (κ1) is 22.0. The van der Waals surface area contributed by atoms with Crippen LogP contribution >= 0.6 is 0 Å². The number of fused-ring (bicyclic) bond motifs is 4. The Morgan fingerprint density at radius 3 is 2.53 bits per heavy atom. The van der Waals surface area contributed by atoms with Gasteiger partial charge < -0.3 is 24.0 Å². The van der Waals surface area contributed by atoms with Crippen LogP contribution in [0.4, 0.5) is 0 Å². The van der Waals surface area contributed by atoms with E-state index >= 15 is 0 Å². The van der Waals surface area contributed by atoms with Crippen molar-refractivity contribution in [1.29, 1.82) is 0 Å². The molecule has 0 radical (unpaired) electrons. The molecule has 1 spiro atoms. The second kappa shape index (κ2) is 8.29. The number of para-hydroxylation sites is 1. The molecule has 2 fully saturated rings. The summed E-state index contributed by atoms with van der Waals surface area (Å²) in [6.45, 7) is 5.18. The molecular weight excluding hydrogens is 426 g/mol. The lowest BCUT2D eigenvalue weighted by molar-refractivity contribution is -0.0112. The van der Waals surface area contributed by atoms with Crippen LogP contribution in [0.15, 0.2) is 42.5 Å². The van der Waals surface area contributed by atoms with Crippen LogP contribution in [0.3, 0.4) is 0 Å². The van der Waals surface area contributed by atoms with E-state index in [9.17, 15) is 5.11 Å². The molecule has 0 bridgehead atoms. The molecule has 1 saturated heterocycles. The van der Waals surface area contributed by atoms with E-state index in [0.29, 0.717) is 0 Å². The van der Waals surface area contributed by atoms with Gasteiger partial charge in [0.05, 0.1) is 32.4 Å². The fourth-order valence-electron chi connectivity index (χ4n) is 6.54. The first-order valence-corrected chi connectivity index (χ1v) is 12.4. The summed E-state index contributed by atoms with van der Waals surface area (Å²) in [5.41, 5.74) is 5.11. The Hall–Kier alpha value is -2.54. The van der Waals surface area contributed by atoms with Gasteiger partial charge in [-0.1, -0.05) is 18.2 Å². The number of aliphatic hydroxyl groups is 1. The number of likely N-dealkylation sites (tertiary alicyclic amines) is 1. The summed E-state index contributed by atoms with van der Waals surface area (Å²) in [5, 5.41) is 12.0. The molecule has 3 aliphatic rings. The Balaban J connectivity index is 1.45. The summed E-state index contributed by atoms with van der Waals surface area (Å²) < 4.78 is 13.5. The highest BCUT2D eigenvalue weighted by atomic mass is 16.5. The number of rotatable bonds is 7. The van der Waals surface area contributed by atoms with Gasteiger partial charge in [0, 0.05) is 67.9 Å². The number of aliphatic hydroxyl groups excluding tert-OH is 1. The highest BCUT2D eigenvalue weighted by Gasteiger charge is 2.53. The van der Waals surface area contributed by atoms with Crippen LogP contribution in [0.2, 0.25) is 0 Å². The molecular formula is C28H35N3O3. The van der Waals surface area contributed by atoms with E-state index < -0.39 is 0 Å². The quantitative estimate of drug-likeness (QED) is 0.581. The van der Waals surface area contributed by atoms with E-state index in [-0.39, 0.29) is 18.1 Å². The van der Waals surface area contributed by atoms with Gasteiger partial charge in [0.25, 0.3) is 0 Å². The lowest BCUT2D eigenvalue weighted by Crippen LogP contribution is -2.66. The third kappa shape index (κ3) is 3.43. The Morgan fingerprint density at radius 2 is 1.82 bits per heavy atom. The molecule has 2 aliphatic heterocycles. The van der Waals surface area contributed by atoms with Crippen molar-refractivity contribution in [2.24, 2.45) is 13.0 Å². The summed E-state index contributed by atoms with van der Waals surface area (Å²) in [6.07, 6.45) is 2.77. The van der Waals surface area contributed by atoms with Gasteiger partial charge in [0.2, 0.25) is 0 Å². The molecule has 6 nitrogen and oxygen atoms in total. The predicted molar refractivity (Wildman–Crippen MR) is 134 cm³/mol. The van der Waals surface area contributed by atoms with Crippen molar-refractivity contribution >= 4 is 10.9 Å². The van der Waals surface area contributed by atoms with E-state index in [1.54, 1.807) is 14.2 Å². The number of methoxy groups -OCH3 is 2. The van der Waals surface area contributed by atoms with Crippen molar-refractivity contribution in [1.82, 2.24) is 14.4 Å². The van der Waals surface area contributed by atoms with E-state index in [1.165, 1.54) is 41.5 Å². The maximum atomic E-state index is 10.7. The van der Waals surface area contributed by atoms with Crippen molar-refractivity contribution in [2.75, 3.05) is 47.0 Å². The molecule has 1 aliphatic carbocycles. The van der Waals surface area contributed by atoms with Gasteiger partial charge in [0.1, 0.15) is 11.5 Å². The van der Waals surface area contributed by atoms with E-state index in [2.05, 4.69) is 51.7 Å². The monoisotopic (exact) mass is 461 g/mol. The molecule has 180 valence electrons. The van der Waals surface area contributed by atoms with Gasteiger partial charge >= 0.3 is 0 Å². The van der Waals surface area contributed by atoms with Gasteiger partial charge in [-0.3, -0.25) is 4.90 Å². The number of hydrogen-bond acceptors (Lipinski definition) is 5. The second-order valence-corrected chi connectivity index (χ2v) is 10.5. The van der Waals surface area contributed by atoms with Crippen molar-refractivity contribution in [3.05, 3.63) is 59.3 Å². The lowest BCUT2D eigenvalue weighted by Gasteiger charge is -2.56. The zero-order valence-electron chi connectivity index (χ0n) is 20.5. The highest BCUT2D eigenvalue weighted by molar-refractivity contribution is 5.89. The molecule has 1 saturated carbocycles. The average Bonchev–Trinajstić information content (AvgIpc) is 3.61. The first-order valence-electron chi connectivity index (χ1n) is 12.4. The zero-order valence-corrected chi connectivity index (χ0v) is 20.5. The summed E-state index contributed by atoms with van der Waals surface area (Å²) >= 11 is 0. The summed E-state index contributed by atoms with van der Waals surface area (Å²) in [6, 6.07) is 14.6. The molecule has 1 atom stereocenters. The molecule has 6 heteroatoms. The normalized spacial score (nSPS) is 22.1. The van der Waals surface area contributed by atoms with Crippen LogP contribution in [-0.2, 0) is 19.0 Å². The lowest BCUT2D eigenvalue weighted by atomic mass is 9.68. The molecule has 1 aromatic heterocycles. The number of aryl methyl sites for hydroxylation is 1. The first-order chi connectivity index (χ1) is 16.6. The smallest absolute Gasteiger partial charge is 0.123 e. The zero-order chi connectivity index (χ0) is 23.4. The minimum Gasteiger partial charge on any atom is -0.497 e. The summed E-state index contributed by atoms with van der Waals surface area (Å²) in [4.78, 5) is 5.12. The van der Waals surface area contributed by atoms with Gasteiger partial charge in [-0.05, 0) is 42.5 Å². The average molecular weight is 462 g/mol. The van der Waals surface area contributed by atoms with E-state index in [0.717, 1.165) is 49.2 Å². The third-order valence-electron chi connectivity index (χ3n) is 8.25. The SMILES string of the molecule is COc1ccc2c3c(n(C)c2c1)[C@@H](CO)N(Cc1ccccc1OC)CC31CN(CC2CC2)C1. The van der Waals surface area contributed by atoms with Gasteiger partial charge in [0.15, 0.2) is 0 Å². The number of aromatic nitrogens is 1. The maximum absolute atomic E-state index is 10.7. The molecule has 34 heavy (non-hydrogen) atoms. The second-order valence-electron chi connectivity index (χ2n) is 10.5. The topological polar surface area (TPSA) is 50.1 Å². The maximum Gasteiger partial charge on any atom is 0.123 e. The van der Waals surface area contributed by atoms with Crippen molar-refractivity contribution < 1.29 is 14.6 Å². The fraction of sp³-hybridized carbons (Fsp3) is 0.500. The Labute approximate surface area is 201 Å². The number of nitrogens with zero attached hydrogens (tertiary/aromatic N) is 3. The Bertz CT molecular complexity index is 1210. The molecule has 0 unspecified atom stereocenters. The van der Waals surface area contributed by atoms with Gasteiger partial charge in [-0.25, -0.2) is 0 Å². The molecule has 1 N–H and O–H groups in total. The van der Waals surface area contributed by atoms with Crippen molar-refractivity contribution in [2.45, 2.75) is 30.8 Å². The molecule has 3 heterocycles. The third-order valence-corrected chi connectivity index (χ3v) is 8.25. The van der Waals surface area contributed by atoms with Crippen molar-refractivity contribution in [3.8, 4) is 11.5 Å². The van der Waals surface area contributed by atoms with E-state index in [1.807, 2.05) is 12.1 Å².